The van der Waals surface area contributed by atoms with Crippen LogP contribution in [0.1, 0.15) is 10.4 Å². The molecule has 0 spiro atoms. The number of aromatic hydroxyl groups is 1. The molecule has 20 heavy (non-hydrogen) atoms. The third-order valence-corrected chi connectivity index (χ3v) is 3.74. The van der Waals surface area contributed by atoms with Crippen LogP contribution in [0.2, 0.25) is 0 Å². The average molecular weight is 286 g/mol. The van der Waals surface area contributed by atoms with Crippen LogP contribution in [-0.2, 0) is 0 Å². The van der Waals surface area contributed by atoms with E-state index in [4.69, 9.17) is 0 Å². The number of amides is 1. The number of aromatic nitrogens is 1. The van der Waals surface area contributed by atoms with E-state index in [-0.39, 0.29) is 11.7 Å². The van der Waals surface area contributed by atoms with Gasteiger partial charge >= 0.3 is 0 Å². The maximum atomic E-state index is 11.8. The molecule has 1 aromatic carbocycles. The van der Waals surface area contributed by atoms with E-state index < -0.39 is 0 Å². The van der Waals surface area contributed by atoms with E-state index in [9.17, 15) is 9.90 Å². The molecule has 5 nitrogen and oxygen atoms in total. The molecule has 0 unspecified atom stereocenters. The maximum Gasteiger partial charge on any atom is 0.261 e. The maximum absolute atomic E-state index is 11.8. The number of para-hydroxylation sites is 1. The SMILES string of the molecule is O=C(Nc1ccc(-c2ccccc2O)s1)c1cnoc1. The molecular formula is C14H10N2O3S. The Kier molecular flexibility index (Phi) is 3.22. The first-order chi connectivity index (χ1) is 9.74. The number of anilines is 1. The highest BCUT2D eigenvalue weighted by Gasteiger charge is 2.11. The first-order valence-electron chi connectivity index (χ1n) is 5.83. The van der Waals surface area contributed by atoms with Gasteiger partial charge < -0.3 is 14.9 Å². The second kappa shape index (κ2) is 5.18. The van der Waals surface area contributed by atoms with Gasteiger partial charge in [-0.05, 0) is 24.3 Å². The lowest BCUT2D eigenvalue weighted by molar-refractivity contribution is 0.102. The number of rotatable bonds is 3. The van der Waals surface area contributed by atoms with Crippen LogP contribution in [0.25, 0.3) is 10.4 Å². The molecule has 6 heteroatoms. The van der Waals surface area contributed by atoms with E-state index in [1.165, 1.54) is 23.8 Å². The van der Waals surface area contributed by atoms with Gasteiger partial charge in [0.05, 0.1) is 16.8 Å². The predicted molar refractivity (Wildman–Crippen MR) is 75.9 cm³/mol. The number of thiophene rings is 1. The fraction of sp³-hybridized carbons (Fsp3) is 0. The number of hydrogen-bond donors (Lipinski definition) is 2. The van der Waals surface area contributed by atoms with Crippen molar-refractivity contribution in [2.75, 3.05) is 5.32 Å². The number of nitrogens with zero attached hydrogens (tertiary/aromatic N) is 1. The number of carbonyl (C=O) groups is 1. The molecule has 0 bridgehead atoms. The van der Waals surface area contributed by atoms with Gasteiger partial charge in [0.25, 0.3) is 5.91 Å². The van der Waals surface area contributed by atoms with Crippen molar-refractivity contribution in [2.24, 2.45) is 0 Å². The fourth-order valence-corrected chi connectivity index (χ4v) is 2.67. The molecule has 0 atom stereocenters. The molecule has 0 aliphatic heterocycles. The largest absolute Gasteiger partial charge is 0.507 e. The van der Waals surface area contributed by atoms with Crippen molar-refractivity contribution >= 4 is 22.2 Å². The molecule has 3 rings (SSSR count). The second-order valence-electron chi connectivity index (χ2n) is 4.05. The lowest BCUT2D eigenvalue weighted by Gasteiger charge is -2.01. The highest BCUT2D eigenvalue weighted by molar-refractivity contribution is 7.19. The Labute approximate surface area is 118 Å². The first kappa shape index (κ1) is 12.4. The van der Waals surface area contributed by atoms with Gasteiger partial charge in [-0.1, -0.05) is 17.3 Å². The molecule has 0 fully saturated rings. The van der Waals surface area contributed by atoms with Crippen molar-refractivity contribution in [3.8, 4) is 16.2 Å². The van der Waals surface area contributed by atoms with Crippen molar-refractivity contribution < 1.29 is 14.4 Å². The van der Waals surface area contributed by atoms with E-state index in [0.29, 0.717) is 10.6 Å². The Morgan fingerprint density at radius 3 is 2.85 bits per heavy atom. The standard InChI is InChI=1S/C14H10N2O3S/c17-11-4-2-1-3-10(11)12-5-6-13(20-12)16-14(18)9-7-15-19-8-9/h1-8,17H,(H,16,18). The summed E-state index contributed by atoms with van der Waals surface area (Å²) in [6.07, 6.45) is 2.64. The zero-order valence-electron chi connectivity index (χ0n) is 10.2. The molecule has 0 saturated carbocycles. The van der Waals surface area contributed by atoms with Crippen molar-refractivity contribution in [1.29, 1.82) is 0 Å². The quantitative estimate of drug-likeness (QED) is 0.774. The number of phenols is 1. The molecule has 3 aromatic rings. The van der Waals surface area contributed by atoms with Crippen LogP contribution in [0, 0.1) is 0 Å². The molecule has 100 valence electrons. The number of nitrogens with one attached hydrogen (secondary N) is 1. The van der Waals surface area contributed by atoms with Crippen LogP contribution in [-0.4, -0.2) is 16.2 Å². The van der Waals surface area contributed by atoms with Gasteiger partial charge in [0.2, 0.25) is 0 Å². The summed E-state index contributed by atoms with van der Waals surface area (Å²) >= 11 is 1.38. The number of hydrogen-bond acceptors (Lipinski definition) is 5. The molecule has 2 N–H and O–H groups in total. The second-order valence-corrected chi connectivity index (χ2v) is 5.13. The van der Waals surface area contributed by atoms with E-state index >= 15 is 0 Å². The van der Waals surface area contributed by atoms with Crippen molar-refractivity contribution in [3.05, 3.63) is 54.4 Å². The number of carbonyl (C=O) groups excluding carboxylic acids is 1. The summed E-state index contributed by atoms with van der Waals surface area (Å²) in [5.41, 5.74) is 1.10. The van der Waals surface area contributed by atoms with Crippen LogP contribution in [0.15, 0.2) is 53.4 Å². The van der Waals surface area contributed by atoms with Crippen LogP contribution in [0.4, 0.5) is 5.00 Å². The van der Waals surface area contributed by atoms with Crippen molar-refractivity contribution in [1.82, 2.24) is 5.16 Å². The van der Waals surface area contributed by atoms with Crippen LogP contribution < -0.4 is 5.32 Å². The predicted octanol–water partition coefficient (Wildman–Crippen LogP) is 3.36. The monoisotopic (exact) mass is 286 g/mol. The summed E-state index contributed by atoms with van der Waals surface area (Å²) in [4.78, 5) is 12.7. The van der Waals surface area contributed by atoms with Crippen LogP contribution >= 0.6 is 11.3 Å². The van der Waals surface area contributed by atoms with Gasteiger partial charge in [-0.2, -0.15) is 0 Å². The summed E-state index contributed by atoms with van der Waals surface area (Å²) in [6, 6.07) is 10.7. The molecule has 2 aromatic heterocycles. The molecule has 2 heterocycles. The topological polar surface area (TPSA) is 75.4 Å². The van der Waals surface area contributed by atoms with Crippen LogP contribution in [0.5, 0.6) is 5.75 Å². The Hall–Kier alpha value is -2.60. The van der Waals surface area contributed by atoms with E-state index in [0.717, 1.165) is 10.4 Å². The summed E-state index contributed by atoms with van der Waals surface area (Å²) in [5.74, 6) is -0.0665. The van der Waals surface area contributed by atoms with Gasteiger partial charge in [-0.3, -0.25) is 4.79 Å². The normalized spacial score (nSPS) is 10.4. The highest BCUT2D eigenvalue weighted by Crippen LogP contribution is 2.36. The third kappa shape index (κ3) is 2.41. The molecule has 0 saturated heterocycles. The Bertz CT molecular complexity index is 734. The summed E-state index contributed by atoms with van der Waals surface area (Å²) in [7, 11) is 0. The Morgan fingerprint density at radius 1 is 1.25 bits per heavy atom. The van der Waals surface area contributed by atoms with Gasteiger partial charge in [0.15, 0.2) is 0 Å². The smallest absolute Gasteiger partial charge is 0.261 e. The molecule has 0 aliphatic carbocycles. The van der Waals surface area contributed by atoms with Crippen molar-refractivity contribution in [3.63, 3.8) is 0 Å². The average Bonchev–Trinajstić information content (AvgIpc) is 3.10. The molecule has 0 aliphatic rings. The van der Waals surface area contributed by atoms with E-state index in [1.807, 2.05) is 18.2 Å². The van der Waals surface area contributed by atoms with Crippen molar-refractivity contribution in [2.45, 2.75) is 0 Å². The summed E-state index contributed by atoms with van der Waals surface area (Å²) < 4.78 is 4.62. The van der Waals surface area contributed by atoms with E-state index in [2.05, 4.69) is 15.0 Å². The number of benzene rings is 1. The van der Waals surface area contributed by atoms with Gasteiger partial charge in [-0.25, -0.2) is 0 Å². The van der Waals surface area contributed by atoms with E-state index in [1.54, 1.807) is 18.2 Å². The molecule has 0 radical (unpaired) electrons. The lowest BCUT2D eigenvalue weighted by Crippen LogP contribution is -2.09. The molecule has 1 amide bonds. The fourth-order valence-electron chi connectivity index (χ4n) is 1.73. The minimum atomic E-state index is -0.281. The third-order valence-electron chi connectivity index (χ3n) is 2.71. The Morgan fingerprint density at radius 2 is 2.10 bits per heavy atom. The lowest BCUT2D eigenvalue weighted by atomic mass is 10.2. The highest BCUT2D eigenvalue weighted by atomic mass is 32.1. The van der Waals surface area contributed by atoms with Gasteiger partial charge in [0.1, 0.15) is 12.0 Å². The zero-order valence-corrected chi connectivity index (χ0v) is 11.1. The summed E-state index contributed by atoms with van der Waals surface area (Å²) in [5, 5.41) is 16.7. The minimum Gasteiger partial charge on any atom is -0.507 e. The Balaban J connectivity index is 1.81. The molecular weight excluding hydrogens is 276 g/mol. The van der Waals surface area contributed by atoms with Crippen LogP contribution in [0.3, 0.4) is 0 Å². The minimum absolute atomic E-state index is 0.214. The van der Waals surface area contributed by atoms with Gasteiger partial charge in [-0.15, -0.1) is 11.3 Å². The van der Waals surface area contributed by atoms with Gasteiger partial charge in [0, 0.05) is 10.4 Å². The first-order valence-corrected chi connectivity index (χ1v) is 6.64. The zero-order chi connectivity index (χ0) is 13.9. The number of phenolic OH excluding ortho intramolecular Hbond substituents is 1. The summed E-state index contributed by atoms with van der Waals surface area (Å²) in [6.45, 7) is 0.